The zero-order chi connectivity index (χ0) is 16.4. The molecule has 2 aromatic carbocycles. The third-order valence-electron chi connectivity index (χ3n) is 3.41. The van der Waals surface area contributed by atoms with E-state index in [4.69, 9.17) is 16.0 Å². The van der Waals surface area contributed by atoms with Crippen molar-refractivity contribution < 1.29 is 4.42 Å². The third kappa shape index (κ3) is 2.98. The molecule has 0 unspecified atom stereocenters. The van der Waals surface area contributed by atoms with Gasteiger partial charge in [-0.05, 0) is 18.2 Å². The fourth-order valence-corrected chi connectivity index (χ4v) is 3.32. The average Bonchev–Trinajstić information content (AvgIpc) is 3.09. The molecule has 0 aliphatic rings. The van der Waals surface area contributed by atoms with Crippen molar-refractivity contribution in [3.05, 3.63) is 65.8 Å². The molecule has 2 aromatic heterocycles. The number of hydrogen-bond donors (Lipinski definition) is 0. The van der Waals surface area contributed by atoms with E-state index in [0.717, 1.165) is 21.5 Å². The Morgan fingerprint density at radius 2 is 1.79 bits per heavy atom. The van der Waals surface area contributed by atoms with Crippen LogP contribution in [0.2, 0.25) is 5.02 Å². The monoisotopic (exact) mass is 354 g/mol. The molecule has 0 spiro atoms. The van der Waals surface area contributed by atoms with Crippen LogP contribution in [0.15, 0.2) is 64.3 Å². The highest BCUT2D eigenvalue weighted by Gasteiger charge is 2.12. The Hall–Kier alpha value is -2.44. The van der Waals surface area contributed by atoms with E-state index in [1.807, 2.05) is 42.5 Å². The highest BCUT2D eigenvalue weighted by Crippen LogP contribution is 2.29. The van der Waals surface area contributed by atoms with Crippen LogP contribution in [0, 0.1) is 0 Å². The highest BCUT2D eigenvalue weighted by atomic mass is 35.5. The smallest absolute Gasteiger partial charge is 0.249 e. The van der Waals surface area contributed by atoms with Gasteiger partial charge in [0.1, 0.15) is 11.4 Å². The summed E-state index contributed by atoms with van der Waals surface area (Å²) in [5, 5.41) is 10.6. The second-order valence-corrected chi connectivity index (χ2v) is 6.34. The molecule has 5 nitrogen and oxygen atoms in total. The lowest BCUT2D eigenvalue weighted by Crippen LogP contribution is -1.88. The maximum atomic E-state index is 6.16. The van der Waals surface area contributed by atoms with E-state index >= 15 is 0 Å². The van der Waals surface area contributed by atoms with Gasteiger partial charge >= 0.3 is 0 Å². The SMILES string of the molecule is Clc1ccccc1-c1nnc(CSc2ncnc3ccccc23)o1. The van der Waals surface area contributed by atoms with E-state index in [2.05, 4.69) is 20.2 Å². The predicted octanol–water partition coefficient (Wildman–Crippen LogP) is 4.63. The number of rotatable bonds is 4. The standard InChI is InChI=1S/C17H11ClN4OS/c18-13-7-3-1-5-11(13)16-22-21-15(23-16)9-24-17-12-6-2-4-8-14(12)19-10-20-17/h1-8,10H,9H2. The van der Waals surface area contributed by atoms with Gasteiger partial charge in [0.05, 0.1) is 21.9 Å². The van der Waals surface area contributed by atoms with E-state index in [-0.39, 0.29) is 0 Å². The Labute approximate surface area is 147 Å². The third-order valence-corrected chi connectivity index (χ3v) is 4.73. The van der Waals surface area contributed by atoms with Gasteiger partial charge in [0.15, 0.2) is 0 Å². The summed E-state index contributed by atoms with van der Waals surface area (Å²) in [5.74, 6) is 1.47. The summed E-state index contributed by atoms with van der Waals surface area (Å²) in [7, 11) is 0. The van der Waals surface area contributed by atoms with Gasteiger partial charge in [-0.1, -0.05) is 53.7 Å². The topological polar surface area (TPSA) is 64.7 Å². The summed E-state index contributed by atoms with van der Waals surface area (Å²) in [4.78, 5) is 8.60. The van der Waals surface area contributed by atoms with Crippen LogP contribution in [-0.4, -0.2) is 20.2 Å². The van der Waals surface area contributed by atoms with E-state index in [1.54, 1.807) is 12.4 Å². The predicted molar refractivity (Wildman–Crippen MR) is 93.8 cm³/mol. The quantitative estimate of drug-likeness (QED) is 0.393. The number of fused-ring (bicyclic) bond motifs is 1. The van der Waals surface area contributed by atoms with Crippen LogP contribution in [0.3, 0.4) is 0 Å². The van der Waals surface area contributed by atoms with Gasteiger partial charge in [-0.3, -0.25) is 0 Å². The summed E-state index contributed by atoms with van der Waals surface area (Å²) < 4.78 is 5.71. The summed E-state index contributed by atoms with van der Waals surface area (Å²) in [6.07, 6.45) is 1.56. The zero-order valence-electron chi connectivity index (χ0n) is 12.4. The normalized spacial score (nSPS) is 11.0. The molecule has 4 rings (SSSR count). The summed E-state index contributed by atoms with van der Waals surface area (Å²) in [5.41, 5.74) is 1.65. The van der Waals surface area contributed by atoms with Crippen molar-refractivity contribution in [3.63, 3.8) is 0 Å². The maximum Gasteiger partial charge on any atom is 0.249 e. The lowest BCUT2D eigenvalue weighted by molar-refractivity contribution is 0.528. The van der Waals surface area contributed by atoms with Crippen LogP contribution >= 0.6 is 23.4 Å². The van der Waals surface area contributed by atoms with E-state index in [1.165, 1.54) is 11.8 Å². The molecule has 0 radical (unpaired) electrons. The van der Waals surface area contributed by atoms with Crippen molar-refractivity contribution in [1.29, 1.82) is 0 Å². The highest BCUT2D eigenvalue weighted by molar-refractivity contribution is 7.98. The number of aromatic nitrogens is 4. The molecule has 24 heavy (non-hydrogen) atoms. The first kappa shape index (κ1) is 15.1. The van der Waals surface area contributed by atoms with Gasteiger partial charge in [0, 0.05) is 5.39 Å². The summed E-state index contributed by atoms with van der Waals surface area (Å²) in [6.45, 7) is 0. The van der Waals surface area contributed by atoms with Gasteiger partial charge in [-0.15, -0.1) is 10.2 Å². The van der Waals surface area contributed by atoms with Crippen molar-refractivity contribution >= 4 is 34.3 Å². The first-order valence-electron chi connectivity index (χ1n) is 7.21. The molecule has 0 saturated heterocycles. The van der Waals surface area contributed by atoms with Crippen LogP contribution in [0.5, 0.6) is 0 Å². The van der Waals surface area contributed by atoms with Crippen LogP contribution < -0.4 is 0 Å². The Bertz CT molecular complexity index is 999. The first-order chi connectivity index (χ1) is 11.8. The molecule has 7 heteroatoms. The average molecular weight is 355 g/mol. The molecule has 0 bridgehead atoms. The number of benzene rings is 2. The lowest BCUT2D eigenvalue weighted by Gasteiger charge is -2.02. The van der Waals surface area contributed by atoms with Crippen molar-refractivity contribution in [2.24, 2.45) is 0 Å². The molecular formula is C17H11ClN4OS. The van der Waals surface area contributed by atoms with Crippen molar-refractivity contribution in [2.75, 3.05) is 0 Å². The second kappa shape index (κ2) is 6.59. The Morgan fingerprint density at radius 3 is 2.71 bits per heavy atom. The second-order valence-electron chi connectivity index (χ2n) is 4.97. The lowest BCUT2D eigenvalue weighted by atomic mass is 10.2. The maximum absolute atomic E-state index is 6.16. The molecule has 2 heterocycles. The van der Waals surface area contributed by atoms with Gasteiger partial charge in [0.2, 0.25) is 11.8 Å². The number of thioether (sulfide) groups is 1. The van der Waals surface area contributed by atoms with Gasteiger partial charge < -0.3 is 4.42 Å². The van der Waals surface area contributed by atoms with Crippen molar-refractivity contribution in [1.82, 2.24) is 20.2 Å². The Kier molecular flexibility index (Phi) is 4.15. The molecule has 0 aliphatic carbocycles. The van der Waals surface area contributed by atoms with Crippen LogP contribution in [0.25, 0.3) is 22.4 Å². The first-order valence-corrected chi connectivity index (χ1v) is 8.57. The van der Waals surface area contributed by atoms with E-state index in [9.17, 15) is 0 Å². The van der Waals surface area contributed by atoms with E-state index in [0.29, 0.717) is 22.6 Å². The fourth-order valence-electron chi connectivity index (χ4n) is 2.28. The number of hydrogen-bond acceptors (Lipinski definition) is 6. The molecule has 0 aliphatic heterocycles. The Morgan fingerprint density at radius 1 is 0.958 bits per heavy atom. The van der Waals surface area contributed by atoms with Gasteiger partial charge in [-0.25, -0.2) is 9.97 Å². The van der Waals surface area contributed by atoms with Crippen LogP contribution in [0.1, 0.15) is 5.89 Å². The minimum atomic E-state index is 0.420. The summed E-state index contributed by atoms with van der Waals surface area (Å²) in [6, 6.07) is 15.3. The van der Waals surface area contributed by atoms with Gasteiger partial charge in [-0.2, -0.15) is 0 Å². The van der Waals surface area contributed by atoms with Crippen LogP contribution in [0.4, 0.5) is 0 Å². The summed E-state index contributed by atoms with van der Waals surface area (Å²) >= 11 is 7.69. The molecule has 0 atom stereocenters. The van der Waals surface area contributed by atoms with Crippen molar-refractivity contribution in [2.45, 2.75) is 10.8 Å². The molecule has 118 valence electrons. The molecule has 0 saturated carbocycles. The molecule has 4 aromatic rings. The number of para-hydroxylation sites is 1. The minimum Gasteiger partial charge on any atom is -0.420 e. The number of nitrogens with zero attached hydrogens (tertiary/aromatic N) is 4. The minimum absolute atomic E-state index is 0.420. The molecule has 0 fully saturated rings. The molecular weight excluding hydrogens is 344 g/mol. The molecule has 0 amide bonds. The van der Waals surface area contributed by atoms with Gasteiger partial charge in [0.25, 0.3) is 0 Å². The van der Waals surface area contributed by atoms with Crippen LogP contribution in [-0.2, 0) is 5.75 Å². The Balaban J connectivity index is 1.56. The number of halogens is 1. The zero-order valence-corrected chi connectivity index (χ0v) is 14.0. The van der Waals surface area contributed by atoms with E-state index < -0.39 is 0 Å². The fraction of sp³-hybridized carbons (Fsp3) is 0.0588. The largest absolute Gasteiger partial charge is 0.420 e. The molecule has 0 N–H and O–H groups in total. The van der Waals surface area contributed by atoms with Crippen molar-refractivity contribution in [3.8, 4) is 11.5 Å².